The Hall–Kier alpha value is -2.37. The number of hydrogen-bond donors (Lipinski definition) is 0. The molecule has 0 aliphatic carbocycles. The zero-order chi connectivity index (χ0) is 56.4. The second kappa shape index (κ2) is 67.1. The summed E-state index contributed by atoms with van der Waals surface area (Å²) in [7, 11) is 0. The highest BCUT2D eigenvalue weighted by Gasteiger charge is 2.19. The first-order valence-electron chi connectivity index (χ1n) is 35.0. The van der Waals surface area contributed by atoms with E-state index in [1.807, 2.05) is 0 Å². The minimum atomic E-state index is -0.771. The minimum Gasteiger partial charge on any atom is -0.462 e. The summed E-state index contributed by atoms with van der Waals surface area (Å²) in [6, 6.07) is 0. The normalized spacial score (nSPS) is 12.2. The molecule has 0 fully saturated rings. The van der Waals surface area contributed by atoms with Gasteiger partial charge in [-0.1, -0.05) is 327 Å². The molecule has 0 radical (unpaired) electrons. The van der Waals surface area contributed by atoms with Crippen molar-refractivity contribution in [3.8, 4) is 0 Å². The van der Waals surface area contributed by atoms with Gasteiger partial charge in [-0.15, -0.1) is 0 Å². The molecule has 0 saturated heterocycles. The maximum Gasteiger partial charge on any atom is 0.306 e. The van der Waals surface area contributed by atoms with Crippen LogP contribution in [0.3, 0.4) is 0 Å². The average Bonchev–Trinajstić information content (AvgIpc) is 3.44. The lowest BCUT2D eigenvalue weighted by Crippen LogP contribution is -2.30. The minimum absolute atomic E-state index is 0.0680. The average molecular weight is 1100 g/mol. The van der Waals surface area contributed by atoms with Crippen molar-refractivity contribution < 1.29 is 28.6 Å². The van der Waals surface area contributed by atoms with Crippen molar-refractivity contribution >= 4 is 17.9 Å². The van der Waals surface area contributed by atoms with E-state index in [2.05, 4.69) is 57.2 Å². The van der Waals surface area contributed by atoms with Crippen LogP contribution in [0.15, 0.2) is 36.5 Å². The van der Waals surface area contributed by atoms with Gasteiger partial charge in [-0.05, 0) is 77.0 Å². The molecule has 458 valence electrons. The van der Waals surface area contributed by atoms with Crippen LogP contribution in [0.4, 0.5) is 0 Å². The zero-order valence-electron chi connectivity index (χ0n) is 52.7. The molecule has 6 nitrogen and oxygen atoms in total. The van der Waals surface area contributed by atoms with Crippen LogP contribution in [0, 0.1) is 0 Å². The van der Waals surface area contributed by atoms with Gasteiger partial charge < -0.3 is 14.2 Å². The van der Waals surface area contributed by atoms with E-state index in [0.717, 1.165) is 64.2 Å². The summed E-state index contributed by atoms with van der Waals surface area (Å²) in [4.78, 5) is 38.4. The molecule has 0 aromatic heterocycles. The van der Waals surface area contributed by atoms with Gasteiger partial charge >= 0.3 is 17.9 Å². The van der Waals surface area contributed by atoms with Crippen LogP contribution in [0.1, 0.15) is 387 Å². The fourth-order valence-corrected chi connectivity index (χ4v) is 10.6. The van der Waals surface area contributed by atoms with E-state index in [9.17, 15) is 14.4 Å². The predicted molar refractivity (Wildman–Crippen MR) is 339 cm³/mol. The first kappa shape index (κ1) is 75.6. The van der Waals surface area contributed by atoms with Crippen molar-refractivity contribution in [3.05, 3.63) is 36.5 Å². The fourth-order valence-electron chi connectivity index (χ4n) is 10.6. The first-order valence-corrected chi connectivity index (χ1v) is 35.0. The van der Waals surface area contributed by atoms with E-state index in [1.165, 1.54) is 283 Å². The molecule has 78 heavy (non-hydrogen) atoms. The second-order valence-electron chi connectivity index (χ2n) is 23.8. The monoisotopic (exact) mass is 1100 g/mol. The molecule has 0 amide bonds. The number of unbranched alkanes of at least 4 members (excludes halogenated alkanes) is 48. The summed E-state index contributed by atoms with van der Waals surface area (Å²) in [6.45, 7) is 6.69. The maximum absolute atomic E-state index is 12.9. The lowest BCUT2D eigenvalue weighted by molar-refractivity contribution is -0.167. The van der Waals surface area contributed by atoms with Crippen LogP contribution in [0.25, 0.3) is 0 Å². The van der Waals surface area contributed by atoms with Crippen molar-refractivity contribution in [2.75, 3.05) is 13.2 Å². The highest BCUT2D eigenvalue weighted by Crippen LogP contribution is 2.18. The van der Waals surface area contributed by atoms with Gasteiger partial charge in [0, 0.05) is 19.3 Å². The van der Waals surface area contributed by atoms with Gasteiger partial charge in [0.1, 0.15) is 13.2 Å². The zero-order valence-corrected chi connectivity index (χ0v) is 52.7. The second-order valence-corrected chi connectivity index (χ2v) is 23.8. The quantitative estimate of drug-likeness (QED) is 0.0261. The molecular weight excluding hydrogens is 961 g/mol. The van der Waals surface area contributed by atoms with E-state index in [-0.39, 0.29) is 31.1 Å². The molecule has 0 saturated carbocycles. The third kappa shape index (κ3) is 64.5. The number of allylic oxidation sites excluding steroid dienone is 6. The van der Waals surface area contributed by atoms with Gasteiger partial charge in [0.2, 0.25) is 0 Å². The number of hydrogen-bond acceptors (Lipinski definition) is 6. The van der Waals surface area contributed by atoms with E-state index in [4.69, 9.17) is 14.2 Å². The van der Waals surface area contributed by atoms with Gasteiger partial charge in [0.05, 0.1) is 0 Å². The Morgan fingerprint density at radius 3 is 0.718 bits per heavy atom. The van der Waals surface area contributed by atoms with Crippen molar-refractivity contribution in [1.82, 2.24) is 0 Å². The summed E-state index contributed by atoms with van der Waals surface area (Å²) >= 11 is 0. The third-order valence-electron chi connectivity index (χ3n) is 15.9. The smallest absolute Gasteiger partial charge is 0.306 e. The molecule has 0 bridgehead atoms. The lowest BCUT2D eigenvalue weighted by Gasteiger charge is -2.18. The van der Waals surface area contributed by atoms with Gasteiger partial charge in [-0.25, -0.2) is 0 Å². The number of carbonyl (C=O) groups is 3. The number of ether oxygens (including phenoxy) is 3. The first-order chi connectivity index (χ1) is 38.5. The van der Waals surface area contributed by atoms with Crippen molar-refractivity contribution in [1.29, 1.82) is 0 Å². The number of esters is 3. The lowest BCUT2D eigenvalue weighted by atomic mass is 10.0. The Morgan fingerprint density at radius 1 is 0.256 bits per heavy atom. The molecule has 0 aliphatic rings. The van der Waals surface area contributed by atoms with Crippen LogP contribution >= 0.6 is 0 Å². The predicted octanol–water partition coefficient (Wildman–Crippen LogP) is 23.9. The van der Waals surface area contributed by atoms with Crippen LogP contribution in [0.5, 0.6) is 0 Å². The Bertz CT molecular complexity index is 1300. The molecule has 6 heteroatoms. The molecule has 0 aromatic carbocycles. The molecule has 0 N–H and O–H groups in total. The van der Waals surface area contributed by atoms with Crippen molar-refractivity contribution in [2.24, 2.45) is 0 Å². The van der Waals surface area contributed by atoms with E-state index >= 15 is 0 Å². The number of carbonyl (C=O) groups excluding carboxylic acids is 3. The SMILES string of the molecule is CCCCCCC/C=C\C/C=C\CCCCCCCCCCCCCCCCCCCC(=O)OCC(COC(=O)CCCCCCCCCCCCCCC)OC(=O)CCCCCCCCC/C=C\CCCCCCCCC. The summed E-state index contributed by atoms with van der Waals surface area (Å²) < 4.78 is 17.0. The van der Waals surface area contributed by atoms with Crippen LogP contribution in [0.2, 0.25) is 0 Å². The van der Waals surface area contributed by atoms with Crippen LogP contribution < -0.4 is 0 Å². The highest BCUT2D eigenvalue weighted by atomic mass is 16.6. The summed E-state index contributed by atoms with van der Waals surface area (Å²) in [5.41, 5.74) is 0. The Morgan fingerprint density at radius 2 is 0.462 bits per heavy atom. The van der Waals surface area contributed by atoms with Gasteiger partial charge in [-0.3, -0.25) is 14.4 Å². The standard InChI is InChI=1S/C72H134O6/c1-4-7-10-13-16-19-22-25-27-29-31-32-33-34-35-36-37-38-39-40-41-43-44-47-50-53-56-59-62-65-71(74)77-68-69(67-76-70(73)64-61-58-55-52-49-46-24-21-18-15-12-9-6-3)78-72(75)66-63-60-57-54-51-48-45-42-30-28-26-23-20-17-14-11-8-5-2/h22,25,28-31,69H,4-21,23-24,26-27,32-68H2,1-3H3/b25-22-,30-28-,31-29-. The fraction of sp³-hybridized carbons (Fsp3) is 0.875. The molecule has 0 aromatic rings. The molecule has 0 aliphatic heterocycles. The van der Waals surface area contributed by atoms with Gasteiger partial charge in [-0.2, -0.15) is 0 Å². The maximum atomic E-state index is 12.9. The summed E-state index contributed by atoms with van der Waals surface area (Å²) in [6.07, 6.45) is 83.1. The Labute approximate surface area is 486 Å². The molecule has 0 rings (SSSR count). The topological polar surface area (TPSA) is 78.9 Å². The van der Waals surface area contributed by atoms with E-state index in [0.29, 0.717) is 19.3 Å². The largest absolute Gasteiger partial charge is 0.462 e. The van der Waals surface area contributed by atoms with Gasteiger partial charge in [0.15, 0.2) is 6.10 Å². The summed E-state index contributed by atoms with van der Waals surface area (Å²) in [5, 5.41) is 0. The number of rotatable bonds is 65. The highest BCUT2D eigenvalue weighted by molar-refractivity contribution is 5.71. The molecule has 0 heterocycles. The van der Waals surface area contributed by atoms with Crippen molar-refractivity contribution in [3.63, 3.8) is 0 Å². The van der Waals surface area contributed by atoms with Crippen LogP contribution in [-0.4, -0.2) is 37.2 Å². The van der Waals surface area contributed by atoms with Crippen LogP contribution in [-0.2, 0) is 28.6 Å². The molecule has 1 atom stereocenters. The molecule has 0 spiro atoms. The molecule has 1 unspecified atom stereocenters. The Kier molecular flexibility index (Phi) is 65.1. The van der Waals surface area contributed by atoms with Gasteiger partial charge in [0.25, 0.3) is 0 Å². The Balaban J connectivity index is 4.18. The third-order valence-corrected chi connectivity index (χ3v) is 15.9. The van der Waals surface area contributed by atoms with E-state index in [1.54, 1.807) is 0 Å². The van der Waals surface area contributed by atoms with Crippen molar-refractivity contribution in [2.45, 2.75) is 393 Å². The van der Waals surface area contributed by atoms with E-state index < -0.39 is 6.10 Å². The molecular formula is C72H134O6. The summed E-state index contributed by atoms with van der Waals surface area (Å²) in [5.74, 6) is -0.844.